The Hall–Kier alpha value is -0.890. The molecule has 2 aliphatic heterocycles. The van der Waals surface area contributed by atoms with Gasteiger partial charge < -0.3 is 5.32 Å². The molecule has 0 saturated carbocycles. The van der Waals surface area contributed by atoms with E-state index in [0.29, 0.717) is 18.0 Å². The summed E-state index contributed by atoms with van der Waals surface area (Å²) in [6, 6.07) is 7.11. The summed E-state index contributed by atoms with van der Waals surface area (Å²) in [7, 11) is 0. The molecule has 86 valence electrons. The van der Waals surface area contributed by atoms with Crippen molar-refractivity contribution in [2.45, 2.75) is 50.6 Å². The van der Waals surface area contributed by atoms with E-state index in [1.165, 1.54) is 31.2 Å². The zero-order valence-electron chi connectivity index (χ0n) is 9.67. The standard InChI is InChI=1S/C14H18FN/c1-9-2-3-10(8-14(9)15)11-6-12-4-5-13(7-11)16-12/h2-3,8,11-13,16H,4-7H2,1H3/t11?,12-,13+. The quantitative estimate of drug-likeness (QED) is 0.765. The molecule has 0 radical (unpaired) electrons. The zero-order valence-corrected chi connectivity index (χ0v) is 9.67. The fraction of sp³-hybridized carbons (Fsp3) is 0.571. The van der Waals surface area contributed by atoms with E-state index in [1.54, 1.807) is 6.07 Å². The third-order valence-corrected chi connectivity index (χ3v) is 4.14. The minimum absolute atomic E-state index is 0.0524. The fourth-order valence-corrected chi connectivity index (χ4v) is 3.19. The zero-order chi connectivity index (χ0) is 11.1. The van der Waals surface area contributed by atoms with Gasteiger partial charge in [-0.15, -0.1) is 0 Å². The Bertz CT molecular complexity index is 390. The molecule has 1 N–H and O–H groups in total. The van der Waals surface area contributed by atoms with E-state index in [4.69, 9.17) is 0 Å². The first-order valence-corrected chi connectivity index (χ1v) is 6.24. The smallest absolute Gasteiger partial charge is 0.126 e. The third-order valence-electron chi connectivity index (χ3n) is 4.14. The van der Waals surface area contributed by atoms with Crippen LogP contribution in [0.25, 0.3) is 0 Å². The first-order valence-electron chi connectivity index (χ1n) is 6.24. The van der Waals surface area contributed by atoms with Crippen LogP contribution < -0.4 is 5.32 Å². The van der Waals surface area contributed by atoms with Crippen LogP contribution >= 0.6 is 0 Å². The van der Waals surface area contributed by atoms with Crippen LogP contribution in [0.1, 0.15) is 42.7 Å². The van der Waals surface area contributed by atoms with E-state index in [2.05, 4.69) is 11.4 Å². The van der Waals surface area contributed by atoms with Crippen LogP contribution in [0.2, 0.25) is 0 Å². The van der Waals surface area contributed by atoms with Gasteiger partial charge in [0.05, 0.1) is 0 Å². The van der Waals surface area contributed by atoms with Gasteiger partial charge in [0, 0.05) is 12.1 Å². The Kier molecular flexibility index (Phi) is 2.47. The minimum Gasteiger partial charge on any atom is -0.311 e. The van der Waals surface area contributed by atoms with Crippen LogP contribution in [0, 0.1) is 12.7 Å². The van der Waals surface area contributed by atoms with E-state index in [9.17, 15) is 4.39 Å². The van der Waals surface area contributed by atoms with Gasteiger partial charge in [0.2, 0.25) is 0 Å². The third kappa shape index (κ3) is 1.75. The van der Waals surface area contributed by atoms with Gasteiger partial charge in [-0.25, -0.2) is 4.39 Å². The molecule has 2 fully saturated rings. The molecule has 16 heavy (non-hydrogen) atoms. The maximum Gasteiger partial charge on any atom is 0.126 e. The lowest BCUT2D eigenvalue weighted by Gasteiger charge is -2.29. The Balaban J connectivity index is 1.84. The van der Waals surface area contributed by atoms with Gasteiger partial charge in [0.1, 0.15) is 5.82 Å². The molecule has 2 heterocycles. The number of rotatable bonds is 1. The van der Waals surface area contributed by atoms with Crippen LogP contribution in [0.15, 0.2) is 18.2 Å². The molecule has 1 aromatic rings. The highest BCUT2D eigenvalue weighted by Gasteiger charge is 2.34. The van der Waals surface area contributed by atoms with Crippen molar-refractivity contribution in [2.24, 2.45) is 0 Å². The van der Waals surface area contributed by atoms with Gasteiger partial charge in [-0.05, 0) is 55.7 Å². The maximum absolute atomic E-state index is 13.5. The Morgan fingerprint density at radius 2 is 1.88 bits per heavy atom. The maximum atomic E-state index is 13.5. The van der Waals surface area contributed by atoms with Crippen LogP contribution in [0.5, 0.6) is 0 Å². The molecule has 0 aliphatic carbocycles. The molecule has 3 atom stereocenters. The first kappa shape index (κ1) is 10.3. The topological polar surface area (TPSA) is 12.0 Å². The summed E-state index contributed by atoms with van der Waals surface area (Å²) in [6.45, 7) is 1.82. The number of nitrogens with one attached hydrogen (secondary N) is 1. The Labute approximate surface area is 96.1 Å². The second-order valence-electron chi connectivity index (χ2n) is 5.31. The van der Waals surface area contributed by atoms with E-state index < -0.39 is 0 Å². The highest BCUT2D eigenvalue weighted by Crippen LogP contribution is 2.37. The fourth-order valence-electron chi connectivity index (χ4n) is 3.19. The molecule has 0 aromatic heterocycles. The molecular formula is C14H18FN. The number of fused-ring (bicyclic) bond motifs is 2. The lowest BCUT2D eigenvalue weighted by atomic mass is 9.86. The van der Waals surface area contributed by atoms with Crippen LogP contribution in [-0.2, 0) is 0 Å². The SMILES string of the molecule is Cc1ccc(C2C[C@H]3CC[C@@H](C2)N3)cc1F. The first-order chi connectivity index (χ1) is 7.72. The second kappa shape index (κ2) is 3.85. The predicted molar refractivity (Wildman–Crippen MR) is 63.1 cm³/mol. The molecule has 1 nitrogen and oxygen atoms in total. The van der Waals surface area contributed by atoms with Gasteiger partial charge in [-0.3, -0.25) is 0 Å². The summed E-state index contributed by atoms with van der Waals surface area (Å²) in [5.74, 6) is 0.511. The molecule has 1 aromatic carbocycles. The van der Waals surface area contributed by atoms with Crippen molar-refractivity contribution in [3.05, 3.63) is 35.1 Å². The number of benzene rings is 1. The summed E-state index contributed by atoms with van der Waals surface area (Å²) in [4.78, 5) is 0. The Morgan fingerprint density at radius 1 is 1.19 bits per heavy atom. The van der Waals surface area contributed by atoms with Crippen LogP contribution in [0.4, 0.5) is 4.39 Å². The van der Waals surface area contributed by atoms with Crippen molar-refractivity contribution in [3.8, 4) is 0 Å². The summed E-state index contributed by atoms with van der Waals surface area (Å²) in [5.41, 5.74) is 1.95. The van der Waals surface area contributed by atoms with Gasteiger partial charge in [0.25, 0.3) is 0 Å². The largest absolute Gasteiger partial charge is 0.311 e. The average Bonchev–Trinajstić information content (AvgIpc) is 2.62. The summed E-state index contributed by atoms with van der Waals surface area (Å²) in [5, 5.41) is 3.62. The van der Waals surface area contributed by atoms with Crippen molar-refractivity contribution in [1.82, 2.24) is 5.32 Å². The molecular weight excluding hydrogens is 201 g/mol. The monoisotopic (exact) mass is 219 g/mol. The van der Waals surface area contributed by atoms with E-state index in [1.807, 2.05) is 13.0 Å². The van der Waals surface area contributed by atoms with E-state index in [0.717, 1.165) is 5.56 Å². The number of piperidine rings is 1. The molecule has 3 rings (SSSR count). The van der Waals surface area contributed by atoms with Crippen LogP contribution in [-0.4, -0.2) is 12.1 Å². The molecule has 2 heteroatoms. The van der Waals surface area contributed by atoms with Crippen molar-refractivity contribution in [2.75, 3.05) is 0 Å². The van der Waals surface area contributed by atoms with Gasteiger partial charge in [-0.2, -0.15) is 0 Å². The van der Waals surface area contributed by atoms with Crippen molar-refractivity contribution in [1.29, 1.82) is 0 Å². The number of halogens is 1. The lowest BCUT2D eigenvalue weighted by Crippen LogP contribution is -2.37. The summed E-state index contributed by atoms with van der Waals surface area (Å²) in [6.07, 6.45) is 4.96. The summed E-state index contributed by atoms with van der Waals surface area (Å²) < 4.78 is 13.5. The minimum atomic E-state index is -0.0524. The summed E-state index contributed by atoms with van der Waals surface area (Å²) >= 11 is 0. The second-order valence-corrected chi connectivity index (χ2v) is 5.31. The number of aryl methyl sites for hydroxylation is 1. The van der Waals surface area contributed by atoms with Gasteiger partial charge in [0.15, 0.2) is 0 Å². The Morgan fingerprint density at radius 3 is 2.50 bits per heavy atom. The van der Waals surface area contributed by atoms with Gasteiger partial charge >= 0.3 is 0 Å². The molecule has 0 spiro atoms. The number of hydrogen-bond donors (Lipinski definition) is 1. The molecule has 2 bridgehead atoms. The van der Waals surface area contributed by atoms with E-state index >= 15 is 0 Å². The highest BCUT2D eigenvalue weighted by molar-refractivity contribution is 5.27. The van der Waals surface area contributed by atoms with Crippen molar-refractivity contribution < 1.29 is 4.39 Å². The van der Waals surface area contributed by atoms with Crippen molar-refractivity contribution >= 4 is 0 Å². The number of hydrogen-bond acceptors (Lipinski definition) is 1. The lowest BCUT2D eigenvalue weighted by molar-refractivity contribution is 0.362. The molecule has 2 saturated heterocycles. The molecule has 1 unspecified atom stereocenters. The predicted octanol–water partition coefficient (Wildman–Crippen LogP) is 3.13. The van der Waals surface area contributed by atoms with E-state index in [-0.39, 0.29) is 5.82 Å². The highest BCUT2D eigenvalue weighted by atomic mass is 19.1. The molecule has 2 aliphatic rings. The normalized spacial score (nSPS) is 33.0. The average molecular weight is 219 g/mol. The van der Waals surface area contributed by atoms with Gasteiger partial charge in [-0.1, -0.05) is 12.1 Å². The van der Waals surface area contributed by atoms with Crippen molar-refractivity contribution in [3.63, 3.8) is 0 Å². The van der Waals surface area contributed by atoms with Crippen LogP contribution in [0.3, 0.4) is 0 Å². The molecule has 0 amide bonds.